The summed E-state index contributed by atoms with van der Waals surface area (Å²) in [6, 6.07) is 28.2. The van der Waals surface area contributed by atoms with E-state index in [1.165, 1.54) is 31.0 Å². The van der Waals surface area contributed by atoms with E-state index in [4.69, 9.17) is 15.0 Å². The molecule has 0 aliphatic heterocycles. The first-order valence-corrected chi connectivity index (χ1v) is 28.7. The van der Waals surface area contributed by atoms with Crippen LogP contribution in [-0.2, 0) is 29.3 Å². The standard InChI is InChI=1S/C53H55N15O7S4/c1-8-67(9-2)36-23-25-41(63-65-51-54-31-38(77-51)29-39(32(6)69)46(71)55-34-19-15-13-16-20-34)43(27-36)57-49-60-50(62-52(61-49)76-12-5)58-44-28-37(68(10-3)11-4)24-26-42(44)64-66-53-59-48(79(73,74)75)45(78-53)30-40(33(7)70)47(72)56-35-21-17-14-18-22-35/h13-31H,8-12H2,1-7H3,(H,55,71)(H,56,72)(H,73,74,75)(H2,57,58,60,61,62). The first kappa shape index (κ1) is 58.3. The molecule has 2 amide bonds. The van der Waals surface area contributed by atoms with E-state index in [1.807, 2.05) is 65.0 Å². The number of para-hydroxylation sites is 2. The molecule has 0 atom stereocenters. The number of anilines is 8. The van der Waals surface area contributed by atoms with Gasteiger partial charge in [-0.3, -0.25) is 23.7 Å². The van der Waals surface area contributed by atoms with E-state index < -0.39 is 44.1 Å². The maximum Gasteiger partial charge on any atom is 0.313 e. The summed E-state index contributed by atoms with van der Waals surface area (Å²) >= 11 is 3.20. The summed E-state index contributed by atoms with van der Waals surface area (Å²) < 4.78 is 35.4. The zero-order valence-electron chi connectivity index (χ0n) is 44.0. The van der Waals surface area contributed by atoms with Gasteiger partial charge in [0.15, 0.2) is 16.7 Å². The number of carbonyl (C=O) groups is 4. The number of rotatable bonds is 25. The van der Waals surface area contributed by atoms with Crippen molar-refractivity contribution >= 4 is 148 Å². The molecule has 26 heteroatoms. The molecular formula is C53H55N15O7S4. The van der Waals surface area contributed by atoms with Gasteiger partial charge in [0.25, 0.3) is 11.8 Å². The van der Waals surface area contributed by atoms with E-state index in [9.17, 15) is 32.1 Å². The lowest BCUT2D eigenvalue weighted by atomic mass is 10.1. The maximum absolute atomic E-state index is 13.2. The van der Waals surface area contributed by atoms with Gasteiger partial charge < -0.3 is 31.1 Å². The Kier molecular flexibility index (Phi) is 20.1. The fraction of sp³-hybridized carbons (Fsp3) is 0.226. The molecule has 0 fully saturated rings. The average molecular weight is 1140 g/mol. The van der Waals surface area contributed by atoms with Crippen molar-refractivity contribution in [2.45, 2.75) is 58.6 Å². The molecule has 0 aliphatic carbocycles. The molecule has 3 heterocycles. The van der Waals surface area contributed by atoms with E-state index in [0.29, 0.717) is 68.6 Å². The van der Waals surface area contributed by atoms with Crippen LogP contribution in [0, 0.1) is 0 Å². The Hall–Kier alpha value is -8.43. The second-order valence-electron chi connectivity index (χ2n) is 16.7. The average Bonchev–Trinajstić information content (AvgIpc) is 4.17. The molecule has 0 saturated carbocycles. The zero-order chi connectivity index (χ0) is 56.6. The second kappa shape index (κ2) is 27.2. The minimum atomic E-state index is -4.98. The van der Waals surface area contributed by atoms with Gasteiger partial charge in [0.1, 0.15) is 11.4 Å². The van der Waals surface area contributed by atoms with Crippen molar-refractivity contribution in [1.82, 2.24) is 24.9 Å². The van der Waals surface area contributed by atoms with E-state index in [-0.39, 0.29) is 38.3 Å². The third kappa shape index (κ3) is 15.8. The minimum absolute atomic E-state index is 0.0525. The molecular weight excluding hydrogens is 1090 g/mol. The summed E-state index contributed by atoms with van der Waals surface area (Å²) in [4.78, 5) is 78.8. The van der Waals surface area contributed by atoms with Crippen LogP contribution < -0.4 is 31.1 Å². The molecule has 0 unspecified atom stereocenters. The Bertz CT molecular complexity index is 3580. The van der Waals surface area contributed by atoms with Gasteiger partial charge in [-0.2, -0.15) is 23.4 Å². The SMILES string of the molecule is CCSc1nc(Nc2cc(N(CC)CC)ccc2N=Nc2ncc(C=C(C(C)=O)C(=O)Nc3ccccc3)s2)nc(Nc2cc(N(CC)CC)ccc2N=Nc2nc(S(=O)(=O)O)c(C=C(C(C)=O)C(=O)Nc3ccccc3)s2)n1. The minimum Gasteiger partial charge on any atom is -0.372 e. The lowest BCUT2D eigenvalue weighted by Crippen LogP contribution is -2.21. The number of ketones is 2. The first-order valence-electron chi connectivity index (χ1n) is 24.6. The number of thioether (sulfide) groups is 1. The van der Waals surface area contributed by atoms with E-state index >= 15 is 0 Å². The molecule has 0 radical (unpaired) electrons. The highest BCUT2D eigenvalue weighted by Crippen LogP contribution is 2.38. The van der Waals surface area contributed by atoms with Crippen molar-refractivity contribution in [3.63, 3.8) is 0 Å². The molecule has 79 heavy (non-hydrogen) atoms. The molecule has 0 aliphatic rings. The first-order chi connectivity index (χ1) is 38.0. The molecule has 0 bridgehead atoms. The Morgan fingerprint density at radius 3 is 1.56 bits per heavy atom. The van der Waals surface area contributed by atoms with Gasteiger partial charge in [-0.05, 0) is 120 Å². The number of aromatic nitrogens is 5. The number of hydrogen-bond acceptors (Lipinski definition) is 22. The van der Waals surface area contributed by atoms with Crippen LogP contribution in [0.25, 0.3) is 12.2 Å². The van der Waals surface area contributed by atoms with Gasteiger partial charge in [0.05, 0.1) is 32.3 Å². The lowest BCUT2D eigenvalue weighted by molar-refractivity contribution is -0.120. The van der Waals surface area contributed by atoms with E-state index in [0.717, 1.165) is 48.8 Å². The molecule has 3 aromatic heterocycles. The number of amides is 2. The number of azo groups is 2. The van der Waals surface area contributed by atoms with Crippen LogP contribution in [0.3, 0.4) is 0 Å². The normalized spacial score (nSPS) is 11.9. The molecule has 22 nitrogen and oxygen atoms in total. The molecule has 7 rings (SSSR count). The number of benzene rings is 4. The summed E-state index contributed by atoms with van der Waals surface area (Å²) in [5, 5.41) is 29.3. The number of thiazole rings is 2. The van der Waals surface area contributed by atoms with Gasteiger partial charge in [0, 0.05) is 55.1 Å². The zero-order valence-corrected chi connectivity index (χ0v) is 47.2. The van der Waals surface area contributed by atoms with Crippen LogP contribution in [0.1, 0.15) is 58.2 Å². The van der Waals surface area contributed by atoms with Crippen LogP contribution >= 0.6 is 34.4 Å². The molecule has 0 saturated heterocycles. The predicted molar refractivity (Wildman–Crippen MR) is 313 cm³/mol. The number of hydrogen-bond donors (Lipinski definition) is 5. The molecule has 5 N–H and O–H groups in total. The monoisotopic (exact) mass is 1140 g/mol. The fourth-order valence-corrected chi connectivity index (χ4v) is 10.5. The predicted octanol–water partition coefficient (Wildman–Crippen LogP) is 12.4. The largest absolute Gasteiger partial charge is 0.372 e. The highest BCUT2D eigenvalue weighted by Gasteiger charge is 2.25. The van der Waals surface area contributed by atoms with Crippen LogP contribution in [0.15, 0.2) is 145 Å². The van der Waals surface area contributed by atoms with Crippen LogP contribution in [-0.4, -0.2) is 93.2 Å². The third-order valence-electron chi connectivity index (χ3n) is 11.3. The fourth-order valence-electron chi connectivity index (χ4n) is 7.47. The summed E-state index contributed by atoms with van der Waals surface area (Å²) in [5.74, 6) is -1.55. The number of Topliss-reactive ketones (excluding diaryl/α,β-unsaturated/α-hetero) is 2. The van der Waals surface area contributed by atoms with Crippen molar-refractivity contribution in [2.24, 2.45) is 20.5 Å². The van der Waals surface area contributed by atoms with E-state index in [1.54, 1.807) is 66.7 Å². The van der Waals surface area contributed by atoms with Crippen molar-refractivity contribution in [2.75, 3.05) is 63.0 Å². The van der Waals surface area contributed by atoms with Crippen molar-refractivity contribution in [1.29, 1.82) is 0 Å². The Morgan fingerprint density at radius 2 is 1.10 bits per heavy atom. The topological polar surface area (TPSA) is 291 Å². The summed E-state index contributed by atoms with van der Waals surface area (Å²) in [6.45, 7) is 15.4. The lowest BCUT2D eigenvalue weighted by Gasteiger charge is -2.22. The summed E-state index contributed by atoms with van der Waals surface area (Å²) in [5.41, 5.74) is 3.77. The molecule has 4 aromatic carbocycles. The van der Waals surface area contributed by atoms with Crippen LogP contribution in [0.2, 0.25) is 0 Å². The molecule has 7 aromatic rings. The van der Waals surface area contributed by atoms with Gasteiger partial charge in [-0.1, -0.05) is 77.8 Å². The maximum atomic E-state index is 13.2. The highest BCUT2D eigenvalue weighted by atomic mass is 32.2. The third-order valence-corrected chi connectivity index (χ3v) is 14.7. The van der Waals surface area contributed by atoms with Crippen molar-refractivity contribution < 1.29 is 32.1 Å². The van der Waals surface area contributed by atoms with Gasteiger partial charge in [0.2, 0.25) is 27.2 Å². The molecule has 0 spiro atoms. The van der Waals surface area contributed by atoms with Crippen LogP contribution in [0.4, 0.5) is 67.7 Å². The van der Waals surface area contributed by atoms with Crippen molar-refractivity contribution in [3.8, 4) is 0 Å². The van der Waals surface area contributed by atoms with Gasteiger partial charge in [-0.15, -0.1) is 20.5 Å². The van der Waals surface area contributed by atoms with Crippen molar-refractivity contribution in [3.05, 3.63) is 124 Å². The van der Waals surface area contributed by atoms with Crippen LogP contribution in [0.5, 0.6) is 0 Å². The highest BCUT2D eigenvalue weighted by molar-refractivity contribution is 7.99. The van der Waals surface area contributed by atoms with Gasteiger partial charge in [-0.25, -0.2) is 9.97 Å². The van der Waals surface area contributed by atoms with Gasteiger partial charge >= 0.3 is 10.1 Å². The number of nitrogens with zero attached hydrogens (tertiary/aromatic N) is 11. The number of nitrogens with one attached hydrogen (secondary N) is 4. The molecule has 408 valence electrons. The smallest absolute Gasteiger partial charge is 0.313 e. The Morgan fingerprint density at radius 1 is 0.620 bits per heavy atom. The Labute approximate surface area is 468 Å². The quantitative estimate of drug-likeness (QED) is 0.00887. The second-order valence-corrected chi connectivity index (χ2v) is 21.3. The van der Waals surface area contributed by atoms with E-state index in [2.05, 4.69) is 61.5 Å². The summed E-state index contributed by atoms with van der Waals surface area (Å²) in [6.07, 6.45) is 4.01. The Balaban J connectivity index is 1.22. The summed E-state index contributed by atoms with van der Waals surface area (Å²) in [7, 11) is -4.98. The number of carbonyl (C=O) groups excluding carboxylic acids is 4.